The standard InChI is InChI=1S/C15H26N2O.C2H6/c1-4-5-6-14(12(2)3)13-7-9-17(10-8-13)11-15(16)18;1-2/h5-6,13H,4,7-11H2,1-3H3,(H2,16,18);1-2H3/b6-5-;. The number of hydrogen-bond donors (Lipinski definition) is 1. The van der Waals surface area contributed by atoms with Crippen LogP contribution < -0.4 is 5.73 Å². The van der Waals surface area contributed by atoms with Gasteiger partial charge in [0.15, 0.2) is 0 Å². The van der Waals surface area contributed by atoms with Crippen LogP contribution in [-0.2, 0) is 4.79 Å². The molecule has 1 amide bonds. The third kappa shape index (κ3) is 6.90. The molecule has 1 saturated heterocycles. The van der Waals surface area contributed by atoms with Crippen LogP contribution in [0.4, 0.5) is 0 Å². The first-order valence-corrected chi connectivity index (χ1v) is 7.89. The third-order valence-electron chi connectivity index (χ3n) is 3.52. The maximum Gasteiger partial charge on any atom is 0.231 e. The fraction of sp³-hybridized carbons (Fsp3) is 0.706. The molecule has 3 nitrogen and oxygen atoms in total. The van der Waals surface area contributed by atoms with E-state index in [1.807, 2.05) is 13.8 Å². The average molecular weight is 280 g/mol. The number of hydrogen-bond acceptors (Lipinski definition) is 2. The molecule has 1 heterocycles. The lowest BCUT2D eigenvalue weighted by Gasteiger charge is -2.32. The molecule has 0 bridgehead atoms. The summed E-state index contributed by atoms with van der Waals surface area (Å²) in [7, 11) is 0. The SMILES string of the molecule is CC.CC/C=C\C(=C(C)C)C1CCN(CC(N)=O)CC1. The monoisotopic (exact) mass is 280 g/mol. The van der Waals surface area contributed by atoms with Gasteiger partial charge in [-0.15, -0.1) is 0 Å². The zero-order valence-electron chi connectivity index (χ0n) is 13.9. The maximum atomic E-state index is 10.9. The van der Waals surface area contributed by atoms with Crippen molar-refractivity contribution in [2.75, 3.05) is 19.6 Å². The maximum absolute atomic E-state index is 10.9. The Morgan fingerprint density at radius 2 is 1.80 bits per heavy atom. The van der Waals surface area contributed by atoms with Gasteiger partial charge in [-0.1, -0.05) is 38.5 Å². The van der Waals surface area contributed by atoms with E-state index in [-0.39, 0.29) is 5.91 Å². The van der Waals surface area contributed by atoms with Crippen LogP contribution in [0.25, 0.3) is 0 Å². The smallest absolute Gasteiger partial charge is 0.231 e. The molecule has 1 fully saturated rings. The summed E-state index contributed by atoms with van der Waals surface area (Å²) in [5.41, 5.74) is 8.12. The van der Waals surface area contributed by atoms with Crippen LogP contribution in [-0.4, -0.2) is 30.4 Å². The van der Waals surface area contributed by atoms with Crippen LogP contribution in [0.1, 0.15) is 53.9 Å². The highest BCUT2D eigenvalue weighted by Gasteiger charge is 2.22. The summed E-state index contributed by atoms with van der Waals surface area (Å²) < 4.78 is 0. The van der Waals surface area contributed by atoms with Gasteiger partial charge in [-0.05, 0) is 57.7 Å². The largest absolute Gasteiger partial charge is 0.369 e. The van der Waals surface area contributed by atoms with Gasteiger partial charge >= 0.3 is 0 Å². The van der Waals surface area contributed by atoms with E-state index < -0.39 is 0 Å². The first kappa shape index (κ1) is 18.9. The van der Waals surface area contributed by atoms with E-state index in [2.05, 4.69) is 37.8 Å². The number of amides is 1. The van der Waals surface area contributed by atoms with Crippen LogP contribution in [0.15, 0.2) is 23.3 Å². The fourth-order valence-electron chi connectivity index (χ4n) is 2.58. The summed E-state index contributed by atoms with van der Waals surface area (Å²) in [5.74, 6) is 0.420. The second-order valence-electron chi connectivity index (χ2n) is 5.28. The van der Waals surface area contributed by atoms with Gasteiger partial charge in [-0.3, -0.25) is 9.69 Å². The molecule has 1 aliphatic rings. The Balaban J connectivity index is 0.00000172. The Bertz CT molecular complexity index is 333. The highest BCUT2D eigenvalue weighted by Crippen LogP contribution is 2.27. The summed E-state index contributed by atoms with van der Waals surface area (Å²) in [6.07, 6.45) is 7.85. The van der Waals surface area contributed by atoms with Crippen LogP contribution in [0.2, 0.25) is 0 Å². The van der Waals surface area contributed by atoms with Gasteiger partial charge in [0.05, 0.1) is 6.54 Å². The van der Waals surface area contributed by atoms with Gasteiger partial charge in [0, 0.05) is 0 Å². The number of carbonyl (C=O) groups excluding carboxylic acids is 1. The highest BCUT2D eigenvalue weighted by atomic mass is 16.1. The van der Waals surface area contributed by atoms with E-state index in [0.29, 0.717) is 12.5 Å². The van der Waals surface area contributed by atoms with Crippen molar-refractivity contribution >= 4 is 5.91 Å². The number of carbonyl (C=O) groups is 1. The molecule has 0 aromatic rings. The molecule has 20 heavy (non-hydrogen) atoms. The number of nitrogens with zero attached hydrogens (tertiary/aromatic N) is 1. The normalized spacial score (nSPS) is 16.6. The van der Waals surface area contributed by atoms with Crippen LogP contribution >= 0.6 is 0 Å². The molecule has 116 valence electrons. The van der Waals surface area contributed by atoms with E-state index in [9.17, 15) is 4.79 Å². The van der Waals surface area contributed by atoms with Gasteiger partial charge in [0.2, 0.25) is 5.91 Å². The highest BCUT2D eigenvalue weighted by molar-refractivity contribution is 5.75. The minimum atomic E-state index is -0.221. The first-order valence-electron chi connectivity index (χ1n) is 7.89. The Kier molecular flexibility index (Phi) is 10.1. The quantitative estimate of drug-likeness (QED) is 0.783. The Morgan fingerprint density at radius 3 is 2.20 bits per heavy atom. The molecule has 2 N–H and O–H groups in total. The van der Waals surface area contributed by atoms with Crippen molar-refractivity contribution in [2.45, 2.75) is 53.9 Å². The molecular weight excluding hydrogens is 248 g/mol. The van der Waals surface area contributed by atoms with Crippen molar-refractivity contribution in [2.24, 2.45) is 11.7 Å². The van der Waals surface area contributed by atoms with Gasteiger partial charge in [0.25, 0.3) is 0 Å². The summed E-state index contributed by atoms with van der Waals surface area (Å²) in [5, 5.41) is 0. The second kappa shape index (κ2) is 10.7. The molecule has 0 atom stereocenters. The molecule has 0 radical (unpaired) electrons. The number of rotatable bonds is 5. The Hall–Kier alpha value is -1.09. The average Bonchev–Trinajstić information content (AvgIpc) is 2.42. The van der Waals surface area contributed by atoms with Crippen molar-refractivity contribution in [3.8, 4) is 0 Å². The number of primary amides is 1. The predicted octanol–water partition coefficient (Wildman–Crippen LogP) is 3.51. The summed E-state index contributed by atoms with van der Waals surface area (Å²) in [4.78, 5) is 13.1. The van der Waals surface area contributed by atoms with E-state index in [0.717, 1.165) is 32.4 Å². The first-order chi connectivity index (χ1) is 9.54. The molecular formula is C17H32N2O. The lowest BCUT2D eigenvalue weighted by Crippen LogP contribution is -2.39. The Morgan fingerprint density at radius 1 is 1.25 bits per heavy atom. The van der Waals surface area contributed by atoms with E-state index in [1.165, 1.54) is 11.1 Å². The predicted molar refractivity (Wildman–Crippen MR) is 87.5 cm³/mol. The number of likely N-dealkylation sites (tertiary alicyclic amines) is 1. The molecule has 0 aliphatic carbocycles. The van der Waals surface area contributed by atoms with Crippen LogP contribution in [0.3, 0.4) is 0 Å². The molecule has 3 heteroatoms. The zero-order chi connectivity index (χ0) is 15.5. The van der Waals surface area contributed by atoms with Crippen LogP contribution in [0.5, 0.6) is 0 Å². The minimum absolute atomic E-state index is 0.221. The van der Waals surface area contributed by atoms with Crippen molar-refractivity contribution in [3.63, 3.8) is 0 Å². The molecule has 0 saturated carbocycles. The van der Waals surface area contributed by atoms with Gasteiger partial charge in [-0.2, -0.15) is 0 Å². The van der Waals surface area contributed by atoms with Gasteiger partial charge in [-0.25, -0.2) is 0 Å². The van der Waals surface area contributed by atoms with E-state index in [1.54, 1.807) is 0 Å². The lowest BCUT2D eigenvalue weighted by atomic mass is 9.86. The molecule has 1 rings (SSSR count). The molecule has 0 aromatic heterocycles. The Labute approximate surface area is 124 Å². The zero-order valence-corrected chi connectivity index (χ0v) is 13.9. The third-order valence-corrected chi connectivity index (χ3v) is 3.52. The molecule has 0 spiro atoms. The summed E-state index contributed by atoms with van der Waals surface area (Å²) in [6.45, 7) is 12.9. The number of allylic oxidation sites excluding steroid dienone is 4. The fourth-order valence-corrected chi connectivity index (χ4v) is 2.58. The molecule has 0 aromatic carbocycles. The minimum Gasteiger partial charge on any atom is -0.369 e. The van der Waals surface area contributed by atoms with Crippen molar-refractivity contribution in [1.29, 1.82) is 0 Å². The van der Waals surface area contributed by atoms with Gasteiger partial charge in [0.1, 0.15) is 0 Å². The topological polar surface area (TPSA) is 46.3 Å². The van der Waals surface area contributed by atoms with Crippen molar-refractivity contribution < 1.29 is 4.79 Å². The number of nitrogens with two attached hydrogens (primary N) is 1. The summed E-state index contributed by atoms with van der Waals surface area (Å²) >= 11 is 0. The van der Waals surface area contributed by atoms with Crippen LogP contribution in [0, 0.1) is 5.92 Å². The lowest BCUT2D eigenvalue weighted by molar-refractivity contribution is -0.119. The van der Waals surface area contributed by atoms with E-state index >= 15 is 0 Å². The van der Waals surface area contributed by atoms with Crippen molar-refractivity contribution in [1.82, 2.24) is 4.90 Å². The number of piperidine rings is 1. The molecule has 0 unspecified atom stereocenters. The van der Waals surface area contributed by atoms with Crippen molar-refractivity contribution in [3.05, 3.63) is 23.3 Å². The summed E-state index contributed by atoms with van der Waals surface area (Å²) in [6, 6.07) is 0. The van der Waals surface area contributed by atoms with E-state index in [4.69, 9.17) is 5.73 Å². The molecule has 1 aliphatic heterocycles. The second-order valence-corrected chi connectivity index (χ2v) is 5.28. The van der Waals surface area contributed by atoms with Gasteiger partial charge < -0.3 is 5.73 Å².